The van der Waals surface area contributed by atoms with E-state index in [1.807, 2.05) is 0 Å². The number of hydrogen-bond acceptors (Lipinski definition) is 4. The number of carbonyl (C=O) groups is 2. The van der Waals surface area contributed by atoms with E-state index in [4.69, 9.17) is 14.6 Å². The van der Waals surface area contributed by atoms with Gasteiger partial charge in [-0.25, -0.2) is 4.79 Å². The summed E-state index contributed by atoms with van der Waals surface area (Å²) in [7, 11) is 1.60. The number of carbonyl (C=O) groups excluding carboxylic acids is 1. The highest BCUT2D eigenvalue weighted by Crippen LogP contribution is 2.18. The standard InChI is InChI=1S/C14H26N2O5/c1-3-4-7-20-8-5-6-15-14(19)16(2)12-10-21-9-11(12)13(17)18/h11-12H,3-10H2,1-2H3,(H,15,19)(H,17,18). The Kier molecular flexibility index (Phi) is 8.07. The number of carboxylic acids is 1. The number of hydrogen-bond donors (Lipinski definition) is 2. The highest BCUT2D eigenvalue weighted by Gasteiger charge is 2.38. The van der Waals surface area contributed by atoms with Crippen molar-refractivity contribution in [3.05, 3.63) is 0 Å². The van der Waals surface area contributed by atoms with Crippen molar-refractivity contribution in [2.24, 2.45) is 5.92 Å². The lowest BCUT2D eigenvalue weighted by molar-refractivity contribution is -0.142. The fourth-order valence-electron chi connectivity index (χ4n) is 2.15. The highest BCUT2D eigenvalue weighted by atomic mass is 16.5. The maximum absolute atomic E-state index is 12.0. The van der Waals surface area contributed by atoms with Crippen molar-refractivity contribution in [3.8, 4) is 0 Å². The molecular formula is C14H26N2O5. The Hall–Kier alpha value is -1.34. The van der Waals surface area contributed by atoms with E-state index >= 15 is 0 Å². The van der Waals surface area contributed by atoms with Gasteiger partial charge in [0.2, 0.25) is 0 Å². The molecule has 2 unspecified atom stereocenters. The zero-order chi connectivity index (χ0) is 15.7. The Balaban J connectivity index is 2.20. The molecule has 0 radical (unpaired) electrons. The van der Waals surface area contributed by atoms with Gasteiger partial charge in [0.05, 0.1) is 19.3 Å². The van der Waals surface area contributed by atoms with Crippen LogP contribution in [-0.4, -0.2) is 68.1 Å². The third-order valence-electron chi connectivity index (χ3n) is 3.57. The summed E-state index contributed by atoms with van der Waals surface area (Å²) in [5.74, 6) is -1.58. The molecule has 21 heavy (non-hydrogen) atoms. The first-order valence-corrected chi connectivity index (χ1v) is 7.46. The van der Waals surface area contributed by atoms with Gasteiger partial charge in [0, 0.05) is 26.8 Å². The maximum Gasteiger partial charge on any atom is 0.317 e. The lowest BCUT2D eigenvalue weighted by Gasteiger charge is -2.26. The van der Waals surface area contributed by atoms with Crippen molar-refractivity contribution >= 4 is 12.0 Å². The van der Waals surface area contributed by atoms with Gasteiger partial charge >= 0.3 is 12.0 Å². The Labute approximate surface area is 125 Å². The first kappa shape index (κ1) is 17.7. The summed E-state index contributed by atoms with van der Waals surface area (Å²) in [6.07, 6.45) is 2.90. The minimum Gasteiger partial charge on any atom is -0.481 e. The van der Waals surface area contributed by atoms with E-state index in [0.29, 0.717) is 13.2 Å². The molecule has 7 heteroatoms. The number of likely N-dealkylation sites (N-methyl/N-ethyl adjacent to an activating group) is 1. The van der Waals surface area contributed by atoms with Crippen LogP contribution in [0.5, 0.6) is 0 Å². The normalized spacial score (nSPS) is 21.2. The van der Waals surface area contributed by atoms with Crippen LogP contribution in [0.1, 0.15) is 26.2 Å². The summed E-state index contributed by atoms with van der Waals surface area (Å²) >= 11 is 0. The lowest BCUT2D eigenvalue weighted by atomic mass is 10.0. The van der Waals surface area contributed by atoms with Crippen molar-refractivity contribution < 1.29 is 24.2 Å². The lowest BCUT2D eigenvalue weighted by Crippen LogP contribution is -2.48. The van der Waals surface area contributed by atoms with Crippen LogP contribution in [-0.2, 0) is 14.3 Å². The first-order chi connectivity index (χ1) is 10.1. The maximum atomic E-state index is 12.0. The van der Waals surface area contributed by atoms with Crippen LogP contribution < -0.4 is 5.32 Å². The smallest absolute Gasteiger partial charge is 0.317 e. The largest absolute Gasteiger partial charge is 0.481 e. The molecule has 1 heterocycles. The molecular weight excluding hydrogens is 276 g/mol. The monoisotopic (exact) mass is 302 g/mol. The van der Waals surface area contributed by atoms with Crippen molar-refractivity contribution in [2.75, 3.05) is 40.0 Å². The van der Waals surface area contributed by atoms with Gasteiger partial charge in [-0.05, 0) is 12.8 Å². The van der Waals surface area contributed by atoms with E-state index in [-0.39, 0.29) is 19.2 Å². The van der Waals surface area contributed by atoms with Crippen LogP contribution in [0.3, 0.4) is 0 Å². The highest BCUT2D eigenvalue weighted by molar-refractivity contribution is 5.77. The molecule has 0 aromatic heterocycles. The van der Waals surface area contributed by atoms with Gasteiger partial charge in [-0.2, -0.15) is 0 Å². The van der Waals surface area contributed by atoms with E-state index < -0.39 is 17.9 Å². The van der Waals surface area contributed by atoms with E-state index in [1.54, 1.807) is 7.05 Å². The van der Waals surface area contributed by atoms with Gasteiger partial charge in [0.1, 0.15) is 5.92 Å². The molecule has 122 valence electrons. The molecule has 1 rings (SSSR count). The summed E-state index contributed by atoms with van der Waals surface area (Å²) in [6.45, 7) is 4.42. The Morgan fingerprint density at radius 1 is 1.33 bits per heavy atom. The quantitative estimate of drug-likeness (QED) is 0.619. The van der Waals surface area contributed by atoms with Gasteiger partial charge in [0.15, 0.2) is 0 Å². The molecule has 0 bridgehead atoms. The van der Waals surface area contributed by atoms with E-state index in [0.717, 1.165) is 25.9 Å². The minimum atomic E-state index is -0.929. The molecule has 0 saturated carbocycles. The third kappa shape index (κ3) is 5.89. The van der Waals surface area contributed by atoms with Gasteiger partial charge in [-0.3, -0.25) is 4.79 Å². The van der Waals surface area contributed by atoms with Crippen LogP contribution in [0.2, 0.25) is 0 Å². The number of rotatable bonds is 9. The molecule has 0 spiro atoms. The van der Waals surface area contributed by atoms with Crippen molar-refractivity contribution in [1.82, 2.24) is 10.2 Å². The van der Waals surface area contributed by atoms with Crippen molar-refractivity contribution in [3.63, 3.8) is 0 Å². The first-order valence-electron chi connectivity index (χ1n) is 7.46. The average molecular weight is 302 g/mol. The molecule has 1 aliphatic rings. The number of nitrogens with one attached hydrogen (secondary N) is 1. The van der Waals surface area contributed by atoms with Gasteiger partial charge in [-0.1, -0.05) is 13.3 Å². The molecule has 1 aliphatic heterocycles. The van der Waals surface area contributed by atoms with Gasteiger partial charge in [-0.15, -0.1) is 0 Å². The molecule has 0 aromatic rings. The predicted molar refractivity (Wildman–Crippen MR) is 77.2 cm³/mol. The predicted octanol–water partition coefficient (Wildman–Crippen LogP) is 0.934. The Bertz CT molecular complexity index is 337. The fraction of sp³-hybridized carbons (Fsp3) is 0.857. The van der Waals surface area contributed by atoms with E-state index in [1.165, 1.54) is 4.90 Å². The number of nitrogens with zero attached hydrogens (tertiary/aromatic N) is 1. The van der Waals surface area contributed by atoms with Crippen LogP contribution >= 0.6 is 0 Å². The van der Waals surface area contributed by atoms with Crippen molar-refractivity contribution in [1.29, 1.82) is 0 Å². The second-order valence-corrected chi connectivity index (χ2v) is 5.21. The number of ether oxygens (including phenoxy) is 2. The number of carboxylic acid groups (broad SMARTS) is 1. The minimum absolute atomic E-state index is 0.156. The second kappa shape index (κ2) is 9.57. The second-order valence-electron chi connectivity index (χ2n) is 5.21. The zero-order valence-corrected chi connectivity index (χ0v) is 12.8. The number of urea groups is 1. The molecule has 0 aliphatic carbocycles. The summed E-state index contributed by atoms with van der Waals surface area (Å²) in [5, 5.41) is 11.8. The summed E-state index contributed by atoms with van der Waals surface area (Å²) < 4.78 is 10.6. The van der Waals surface area contributed by atoms with Crippen LogP contribution in [0, 0.1) is 5.92 Å². The van der Waals surface area contributed by atoms with Gasteiger partial charge < -0.3 is 24.8 Å². The molecule has 2 amide bonds. The average Bonchev–Trinajstić information content (AvgIpc) is 2.94. The number of aliphatic carboxylic acids is 1. The SMILES string of the molecule is CCCCOCCCNC(=O)N(C)C1COCC1C(=O)O. The van der Waals surface area contributed by atoms with E-state index in [2.05, 4.69) is 12.2 Å². The summed E-state index contributed by atoms with van der Waals surface area (Å²) in [5.41, 5.74) is 0. The molecule has 2 N–H and O–H groups in total. The molecule has 2 atom stereocenters. The topological polar surface area (TPSA) is 88.1 Å². The van der Waals surface area contributed by atoms with E-state index in [9.17, 15) is 9.59 Å². The Morgan fingerprint density at radius 2 is 2.05 bits per heavy atom. The summed E-state index contributed by atoms with van der Waals surface area (Å²) in [4.78, 5) is 24.4. The van der Waals surface area contributed by atoms with Crippen LogP contribution in [0.15, 0.2) is 0 Å². The Morgan fingerprint density at radius 3 is 2.71 bits per heavy atom. The number of amides is 2. The molecule has 7 nitrogen and oxygen atoms in total. The van der Waals surface area contributed by atoms with Crippen molar-refractivity contribution in [2.45, 2.75) is 32.2 Å². The van der Waals surface area contributed by atoms with Crippen LogP contribution in [0.25, 0.3) is 0 Å². The number of unbranched alkanes of at least 4 members (excludes halogenated alkanes) is 1. The molecule has 1 saturated heterocycles. The van der Waals surface area contributed by atoms with Gasteiger partial charge in [0.25, 0.3) is 0 Å². The fourth-order valence-corrected chi connectivity index (χ4v) is 2.15. The van der Waals surface area contributed by atoms with Crippen LogP contribution in [0.4, 0.5) is 4.79 Å². The molecule has 0 aromatic carbocycles. The molecule has 1 fully saturated rings. The third-order valence-corrected chi connectivity index (χ3v) is 3.57. The zero-order valence-electron chi connectivity index (χ0n) is 12.8. The summed E-state index contributed by atoms with van der Waals surface area (Å²) in [6, 6.07) is -0.686.